The molecule has 0 fully saturated rings. The Bertz CT molecular complexity index is 211. The second-order valence-electron chi connectivity index (χ2n) is 5.51. The van der Waals surface area contributed by atoms with Crippen molar-refractivity contribution in [1.82, 2.24) is 0 Å². The van der Waals surface area contributed by atoms with E-state index in [-0.39, 0.29) is 0 Å². The first kappa shape index (κ1) is 18.2. The molecule has 2 nitrogen and oxygen atoms in total. The molecule has 0 spiro atoms. The topological polar surface area (TPSA) is 37.3 Å². The third-order valence-corrected chi connectivity index (χ3v) is 3.54. The number of hydrogen-bond acceptors (Lipinski definition) is 2. The standard InChI is InChI=1S/C17H32O2/c1-17(19)15-13-11-9-7-5-3-2-4-6-8-10-12-14-16-18/h16,19H,1-15H2. The Hall–Kier alpha value is -0.790. The van der Waals surface area contributed by atoms with E-state index in [4.69, 9.17) is 5.11 Å². The minimum Gasteiger partial charge on any atom is -0.513 e. The minimum absolute atomic E-state index is 0.327. The number of unbranched alkanes of at least 4 members (excludes halogenated alkanes) is 12. The van der Waals surface area contributed by atoms with Gasteiger partial charge in [0.15, 0.2) is 0 Å². The van der Waals surface area contributed by atoms with E-state index in [2.05, 4.69) is 6.58 Å². The van der Waals surface area contributed by atoms with Crippen LogP contribution in [-0.4, -0.2) is 11.4 Å². The van der Waals surface area contributed by atoms with Gasteiger partial charge in [0.05, 0.1) is 5.76 Å². The molecule has 19 heavy (non-hydrogen) atoms. The lowest BCUT2D eigenvalue weighted by Crippen LogP contribution is -1.84. The Labute approximate surface area is 119 Å². The van der Waals surface area contributed by atoms with Crippen LogP contribution in [-0.2, 0) is 4.79 Å². The fourth-order valence-electron chi connectivity index (χ4n) is 2.32. The van der Waals surface area contributed by atoms with Crippen molar-refractivity contribution in [1.29, 1.82) is 0 Å². The van der Waals surface area contributed by atoms with E-state index < -0.39 is 0 Å². The van der Waals surface area contributed by atoms with E-state index in [0.717, 1.165) is 32.0 Å². The Morgan fingerprint density at radius 3 is 1.47 bits per heavy atom. The summed E-state index contributed by atoms with van der Waals surface area (Å²) in [4.78, 5) is 10.1. The van der Waals surface area contributed by atoms with Crippen molar-refractivity contribution in [2.75, 3.05) is 0 Å². The van der Waals surface area contributed by atoms with Crippen molar-refractivity contribution < 1.29 is 9.90 Å². The van der Waals surface area contributed by atoms with Crippen LogP contribution >= 0.6 is 0 Å². The summed E-state index contributed by atoms with van der Waals surface area (Å²) in [5.41, 5.74) is 0. The van der Waals surface area contributed by atoms with Gasteiger partial charge in [-0.05, 0) is 12.8 Å². The number of aliphatic hydroxyl groups is 1. The number of carbonyl (C=O) groups is 1. The largest absolute Gasteiger partial charge is 0.513 e. The number of aldehydes is 1. The lowest BCUT2D eigenvalue weighted by atomic mass is 10.0. The first-order valence-corrected chi connectivity index (χ1v) is 8.07. The zero-order valence-electron chi connectivity index (χ0n) is 12.5. The molecule has 0 amide bonds. The fourth-order valence-corrected chi connectivity index (χ4v) is 2.32. The summed E-state index contributed by atoms with van der Waals surface area (Å²) in [5.74, 6) is 0.327. The first-order valence-electron chi connectivity index (χ1n) is 8.07. The summed E-state index contributed by atoms with van der Waals surface area (Å²) in [7, 11) is 0. The number of aliphatic hydroxyl groups excluding tert-OH is 1. The highest BCUT2D eigenvalue weighted by atomic mass is 16.3. The van der Waals surface area contributed by atoms with Crippen LogP contribution in [0.15, 0.2) is 12.3 Å². The monoisotopic (exact) mass is 268 g/mol. The van der Waals surface area contributed by atoms with Crippen molar-refractivity contribution in [2.24, 2.45) is 0 Å². The highest BCUT2D eigenvalue weighted by Crippen LogP contribution is 2.13. The molecule has 0 aliphatic rings. The summed E-state index contributed by atoms with van der Waals surface area (Å²) < 4.78 is 0. The van der Waals surface area contributed by atoms with Crippen LogP contribution in [0.3, 0.4) is 0 Å². The van der Waals surface area contributed by atoms with E-state index in [1.165, 1.54) is 64.2 Å². The normalized spacial score (nSPS) is 10.5. The highest BCUT2D eigenvalue weighted by molar-refractivity contribution is 5.48. The molecule has 0 aromatic carbocycles. The van der Waals surface area contributed by atoms with Gasteiger partial charge in [-0.3, -0.25) is 0 Å². The molecule has 0 aromatic rings. The summed E-state index contributed by atoms with van der Waals surface area (Å²) in [5, 5.41) is 8.93. The van der Waals surface area contributed by atoms with Crippen molar-refractivity contribution in [3.63, 3.8) is 0 Å². The molecule has 0 aliphatic heterocycles. The number of rotatable bonds is 15. The van der Waals surface area contributed by atoms with Gasteiger partial charge in [-0.25, -0.2) is 0 Å². The van der Waals surface area contributed by atoms with Gasteiger partial charge in [0.25, 0.3) is 0 Å². The number of hydrogen-bond donors (Lipinski definition) is 1. The van der Waals surface area contributed by atoms with Crippen LogP contribution in [0, 0.1) is 0 Å². The Morgan fingerprint density at radius 2 is 1.11 bits per heavy atom. The van der Waals surface area contributed by atoms with Gasteiger partial charge in [-0.1, -0.05) is 70.8 Å². The molecule has 0 saturated carbocycles. The zero-order valence-corrected chi connectivity index (χ0v) is 12.5. The molecule has 0 heterocycles. The molecule has 0 bridgehead atoms. The van der Waals surface area contributed by atoms with Crippen LogP contribution in [0.1, 0.15) is 89.9 Å². The number of carbonyl (C=O) groups excluding carboxylic acids is 1. The second-order valence-corrected chi connectivity index (χ2v) is 5.51. The molecule has 2 heteroatoms. The van der Waals surface area contributed by atoms with Gasteiger partial charge < -0.3 is 9.90 Å². The van der Waals surface area contributed by atoms with Gasteiger partial charge in [0.1, 0.15) is 6.29 Å². The van der Waals surface area contributed by atoms with E-state index in [1.54, 1.807) is 0 Å². The predicted molar refractivity (Wildman–Crippen MR) is 82.5 cm³/mol. The van der Waals surface area contributed by atoms with Crippen molar-refractivity contribution >= 4 is 6.29 Å². The second kappa shape index (κ2) is 15.3. The van der Waals surface area contributed by atoms with E-state index in [1.807, 2.05) is 0 Å². The Balaban J connectivity index is 2.95. The van der Waals surface area contributed by atoms with Crippen LogP contribution < -0.4 is 0 Å². The van der Waals surface area contributed by atoms with Crippen molar-refractivity contribution in [3.05, 3.63) is 12.3 Å². The summed E-state index contributed by atoms with van der Waals surface area (Å²) in [6.07, 6.45) is 17.8. The molecule has 0 radical (unpaired) electrons. The van der Waals surface area contributed by atoms with Crippen LogP contribution in [0.4, 0.5) is 0 Å². The molecular weight excluding hydrogens is 236 g/mol. The molecule has 0 saturated heterocycles. The van der Waals surface area contributed by atoms with Crippen LogP contribution in [0.25, 0.3) is 0 Å². The summed E-state index contributed by atoms with van der Waals surface area (Å²) in [6, 6.07) is 0. The van der Waals surface area contributed by atoms with Gasteiger partial charge in [-0.2, -0.15) is 0 Å². The molecule has 112 valence electrons. The summed E-state index contributed by atoms with van der Waals surface area (Å²) >= 11 is 0. The maximum Gasteiger partial charge on any atom is 0.119 e. The molecular formula is C17H32O2. The molecule has 0 aliphatic carbocycles. The first-order chi connectivity index (χ1) is 9.27. The average molecular weight is 268 g/mol. The average Bonchev–Trinajstić information content (AvgIpc) is 2.39. The molecule has 1 N–H and O–H groups in total. The fraction of sp³-hybridized carbons (Fsp3) is 0.824. The SMILES string of the molecule is C=C(O)CCCCCCCCCCCCCCC=O. The third-order valence-electron chi connectivity index (χ3n) is 3.54. The molecule has 0 atom stereocenters. The van der Waals surface area contributed by atoms with Crippen LogP contribution in [0.5, 0.6) is 0 Å². The maximum absolute atomic E-state index is 10.1. The van der Waals surface area contributed by atoms with E-state index in [9.17, 15) is 4.79 Å². The quantitative estimate of drug-likeness (QED) is 0.234. The lowest BCUT2D eigenvalue weighted by Gasteiger charge is -2.02. The number of allylic oxidation sites excluding steroid dienone is 1. The molecule has 0 rings (SSSR count). The Kier molecular flexibility index (Phi) is 14.6. The Morgan fingerprint density at radius 1 is 0.737 bits per heavy atom. The van der Waals surface area contributed by atoms with Gasteiger partial charge in [0, 0.05) is 12.8 Å². The lowest BCUT2D eigenvalue weighted by molar-refractivity contribution is -0.107. The smallest absolute Gasteiger partial charge is 0.119 e. The van der Waals surface area contributed by atoms with Crippen molar-refractivity contribution in [3.8, 4) is 0 Å². The third kappa shape index (κ3) is 17.2. The zero-order chi connectivity index (χ0) is 14.2. The van der Waals surface area contributed by atoms with Gasteiger partial charge in [-0.15, -0.1) is 0 Å². The predicted octanol–water partition coefficient (Wildman–Crippen LogP) is 5.72. The molecule has 0 aromatic heterocycles. The molecule has 0 unspecified atom stereocenters. The highest BCUT2D eigenvalue weighted by Gasteiger charge is 1.94. The van der Waals surface area contributed by atoms with E-state index in [0.29, 0.717) is 5.76 Å². The van der Waals surface area contributed by atoms with Gasteiger partial charge >= 0.3 is 0 Å². The maximum atomic E-state index is 10.1. The van der Waals surface area contributed by atoms with Crippen molar-refractivity contribution in [2.45, 2.75) is 89.9 Å². The van der Waals surface area contributed by atoms with Gasteiger partial charge in [0.2, 0.25) is 0 Å². The van der Waals surface area contributed by atoms with Crippen LogP contribution in [0.2, 0.25) is 0 Å². The minimum atomic E-state index is 0.327. The van der Waals surface area contributed by atoms with E-state index >= 15 is 0 Å². The summed E-state index contributed by atoms with van der Waals surface area (Å²) in [6.45, 7) is 3.49.